The van der Waals surface area contributed by atoms with Crippen LogP contribution in [0.15, 0.2) is 0 Å². The Kier molecular flexibility index (Phi) is 8.70. The van der Waals surface area contributed by atoms with E-state index in [-0.39, 0.29) is 0 Å². The first-order chi connectivity index (χ1) is 8.74. The fraction of sp³-hybridized carbons (Fsp3) is 1.00. The van der Waals surface area contributed by atoms with Crippen molar-refractivity contribution in [2.45, 2.75) is 71.8 Å². The molecular formula is C16H34N2. The minimum atomic E-state index is 0.849. The second-order valence-corrected chi connectivity index (χ2v) is 6.23. The van der Waals surface area contributed by atoms with Crippen molar-refractivity contribution in [3.05, 3.63) is 0 Å². The first-order valence-electron chi connectivity index (χ1n) is 8.18. The van der Waals surface area contributed by atoms with Gasteiger partial charge in [-0.15, -0.1) is 0 Å². The van der Waals surface area contributed by atoms with E-state index in [1.54, 1.807) is 0 Å². The van der Waals surface area contributed by atoms with Gasteiger partial charge in [-0.2, -0.15) is 0 Å². The van der Waals surface area contributed by atoms with Crippen molar-refractivity contribution in [2.75, 3.05) is 26.2 Å². The summed E-state index contributed by atoms with van der Waals surface area (Å²) in [5.41, 5.74) is 0. The molecule has 1 aliphatic rings. The average Bonchev–Trinajstić information content (AvgIpc) is 2.58. The molecule has 108 valence electrons. The summed E-state index contributed by atoms with van der Waals surface area (Å²) in [6.45, 7) is 11.9. The van der Waals surface area contributed by atoms with Gasteiger partial charge in [0.05, 0.1) is 0 Å². The van der Waals surface area contributed by atoms with Crippen molar-refractivity contribution in [1.29, 1.82) is 0 Å². The lowest BCUT2D eigenvalue weighted by atomic mass is 10.1. The van der Waals surface area contributed by atoms with Gasteiger partial charge in [-0.25, -0.2) is 0 Å². The van der Waals surface area contributed by atoms with E-state index in [2.05, 4.69) is 31.0 Å². The number of hydrogen-bond donors (Lipinski definition) is 1. The van der Waals surface area contributed by atoms with Crippen LogP contribution in [0.2, 0.25) is 0 Å². The van der Waals surface area contributed by atoms with E-state index in [0.29, 0.717) is 0 Å². The van der Waals surface area contributed by atoms with E-state index in [4.69, 9.17) is 0 Å². The highest BCUT2D eigenvalue weighted by Gasteiger charge is 2.18. The van der Waals surface area contributed by atoms with Gasteiger partial charge in [-0.05, 0) is 51.1 Å². The number of rotatable bonds is 8. The van der Waals surface area contributed by atoms with Crippen LogP contribution in [-0.2, 0) is 0 Å². The maximum absolute atomic E-state index is 3.61. The van der Waals surface area contributed by atoms with Gasteiger partial charge in [0.1, 0.15) is 0 Å². The molecule has 1 unspecified atom stereocenters. The molecule has 2 heteroatoms. The smallest absolute Gasteiger partial charge is 0.0110 e. The van der Waals surface area contributed by atoms with E-state index < -0.39 is 0 Å². The molecule has 1 heterocycles. The van der Waals surface area contributed by atoms with Crippen LogP contribution in [0.4, 0.5) is 0 Å². The summed E-state index contributed by atoms with van der Waals surface area (Å²) in [7, 11) is 0. The minimum Gasteiger partial charge on any atom is -0.315 e. The van der Waals surface area contributed by atoms with Crippen molar-refractivity contribution in [3.63, 3.8) is 0 Å². The highest BCUT2D eigenvalue weighted by atomic mass is 15.2. The predicted octanol–water partition coefficient (Wildman–Crippen LogP) is 3.67. The van der Waals surface area contributed by atoms with Gasteiger partial charge in [0.25, 0.3) is 0 Å². The summed E-state index contributed by atoms with van der Waals surface area (Å²) in [4.78, 5) is 2.72. The van der Waals surface area contributed by atoms with Crippen LogP contribution < -0.4 is 5.32 Å². The van der Waals surface area contributed by atoms with E-state index in [1.165, 1.54) is 71.1 Å². The molecule has 18 heavy (non-hydrogen) atoms. The number of nitrogens with one attached hydrogen (secondary N) is 1. The van der Waals surface area contributed by atoms with E-state index in [0.717, 1.165) is 12.0 Å². The zero-order valence-electron chi connectivity index (χ0n) is 12.9. The lowest BCUT2D eigenvalue weighted by molar-refractivity contribution is 0.195. The Labute approximate surface area is 115 Å². The number of hydrogen-bond acceptors (Lipinski definition) is 2. The van der Waals surface area contributed by atoms with Gasteiger partial charge in [0.15, 0.2) is 0 Å². The maximum Gasteiger partial charge on any atom is 0.0110 e. The van der Waals surface area contributed by atoms with Crippen molar-refractivity contribution < 1.29 is 0 Å². The summed E-state index contributed by atoms with van der Waals surface area (Å²) in [6, 6.07) is 0.852. The van der Waals surface area contributed by atoms with Crippen molar-refractivity contribution >= 4 is 0 Å². The third-order valence-corrected chi connectivity index (χ3v) is 4.18. The zero-order valence-corrected chi connectivity index (χ0v) is 12.9. The number of likely N-dealkylation sites (tertiary alicyclic amines) is 1. The lowest BCUT2D eigenvalue weighted by Gasteiger charge is -2.29. The van der Waals surface area contributed by atoms with Crippen LogP contribution in [0, 0.1) is 5.92 Å². The molecule has 0 aliphatic carbocycles. The topological polar surface area (TPSA) is 15.3 Å². The van der Waals surface area contributed by atoms with Crippen LogP contribution in [-0.4, -0.2) is 37.1 Å². The average molecular weight is 254 g/mol. The second kappa shape index (κ2) is 9.80. The van der Waals surface area contributed by atoms with Crippen molar-refractivity contribution in [1.82, 2.24) is 10.2 Å². The number of nitrogens with zero attached hydrogens (tertiary/aromatic N) is 1. The van der Waals surface area contributed by atoms with Crippen LogP contribution in [0.3, 0.4) is 0 Å². The standard InChI is InChI=1S/C16H34N2/c1-4-16-10-6-5-7-13-18(16)14-12-17-11-8-9-15(2)3/h15-17H,4-14H2,1-3H3. The fourth-order valence-corrected chi connectivity index (χ4v) is 2.98. The second-order valence-electron chi connectivity index (χ2n) is 6.23. The lowest BCUT2D eigenvalue weighted by Crippen LogP contribution is -2.39. The first-order valence-corrected chi connectivity index (χ1v) is 8.18. The molecule has 1 saturated heterocycles. The summed E-state index contributed by atoms with van der Waals surface area (Å²) < 4.78 is 0. The Morgan fingerprint density at radius 2 is 2.00 bits per heavy atom. The van der Waals surface area contributed by atoms with Crippen LogP contribution in [0.5, 0.6) is 0 Å². The Morgan fingerprint density at radius 3 is 2.72 bits per heavy atom. The van der Waals surface area contributed by atoms with E-state index >= 15 is 0 Å². The van der Waals surface area contributed by atoms with Gasteiger partial charge in [0.2, 0.25) is 0 Å². The molecule has 1 atom stereocenters. The monoisotopic (exact) mass is 254 g/mol. The SMILES string of the molecule is CCC1CCCCCN1CCNCCCC(C)C. The van der Waals surface area contributed by atoms with Gasteiger partial charge >= 0.3 is 0 Å². The molecule has 0 aromatic rings. The normalized spacial score (nSPS) is 22.3. The van der Waals surface area contributed by atoms with Crippen LogP contribution >= 0.6 is 0 Å². The van der Waals surface area contributed by atoms with Gasteiger partial charge < -0.3 is 5.32 Å². The van der Waals surface area contributed by atoms with Gasteiger partial charge in [-0.3, -0.25) is 4.90 Å². The summed E-state index contributed by atoms with van der Waals surface area (Å²) >= 11 is 0. The predicted molar refractivity (Wildman–Crippen MR) is 81.1 cm³/mol. The highest BCUT2D eigenvalue weighted by molar-refractivity contribution is 4.74. The molecule has 0 amide bonds. The van der Waals surface area contributed by atoms with Crippen molar-refractivity contribution in [2.24, 2.45) is 5.92 Å². The fourth-order valence-electron chi connectivity index (χ4n) is 2.98. The molecule has 0 saturated carbocycles. The van der Waals surface area contributed by atoms with Gasteiger partial charge in [-0.1, -0.05) is 33.6 Å². The van der Waals surface area contributed by atoms with Crippen molar-refractivity contribution in [3.8, 4) is 0 Å². The van der Waals surface area contributed by atoms with E-state index in [1.807, 2.05) is 0 Å². The zero-order chi connectivity index (χ0) is 13.2. The Bertz CT molecular complexity index is 192. The molecule has 1 fully saturated rings. The largest absolute Gasteiger partial charge is 0.315 e. The molecule has 0 aromatic carbocycles. The molecule has 0 radical (unpaired) electrons. The molecule has 1 rings (SSSR count). The quantitative estimate of drug-likeness (QED) is 0.665. The van der Waals surface area contributed by atoms with Crippen LogP contribution in [0.25, 0.3) is 0 Å². The summed E-state index contributed by atoms with van der Waals surface area (Å²) in [6.07, 6.45) is 9.72. The Balaban J connectivity index is 2.08. The van der Waals surface area contributed by atoms with Crippen LogP contribution in [0.1, 0.15) is 65.7 Å². The molecule has 2 nitrogen and oxygen atoms in total. The summed E-state index contributed by atoms with van der Waals surface area (Å²) in [5, 5.41) is 3.61. The molecule has 1 N–H and O–H groups in total. The third kappa shape index (κ3) is 6.75. The highest BCUT2D eigenvalue weighted by Crippen LogP contribution is 2.18. The first kappa shape index (κ1) is 16.0. The molecule has 0 spiro atoms. The molecule has 1 aliphatic heterocycles. The molecular weight excluding hydrogens is 220 g/mol. The Morgan fingerprint density at radius 1 is 1.17 bits per heavy atom. The van der Waals surface area contributed by atoms with E-state index in [9.17, 15) is 0 Å². The molecule has 0 bridgehead atoms. The minimum absolute atomic E-state index is 0.849. The third-order valence-electron chi connectivity index (χ3n) is 4.18. The molecule has 0 aromatic heterocycles. The Hall–Kier alpha value is -0.0800. The maximum atomic E-state index is 3.61. The summed E-state index contributed by atoms with van der Waals surface area (Å²) in [5.74, 6) is 0.849. The van der Waals surface area contributed by atoms with Gasteiger partial charge in [0, 0.05) is 19.1 Å².